The largest absolute Gasteiger partial charge is 0.338 e. The molecule has 0 saturated carbocycles. The van der Waals surface area contributed by atoms with Gasteiger partial charge in [0.05, 0.1) is 12.5 Å². The average molecular weight is 342 g/mol. The van der Waals surface area contributed by atoms with E-state index in [0.717, 1.165) is 24.2 Å². The van der Waals surface area contributed by atoms with Crippen LogP contribution in [0.2, 0.25) is 0 Å². The van der Waals surface area contributed by atoms with E-state index in [1.54, 1.807) is 16.2 Å². The van der Waals surface area contributed by atoms with Gasteiger partial charge in [-0.3, -0.25) is 9.59 Å². The maximum atomic E-state index is 12.5. The van der Waals surface area contributed by atoms with Gasteiger partial charge in [-0.25, -0.2) is 0 Å². The highest BCUT2D eigenvalue weighted by Gasteiger charge is 2.22. The predicted molar refractivity (Wildman–Crippen MR) is 97.2 cm³/mol. The zero-order valence-corrected chi connectivity index (χ0v) is 14.9. The van der Waals surface area contributed by atoms with Crippen LogP contribution in [0.1, 0.15) is 36.2 Å². The Balaban J connectivity index is 1.63. The standard InChI is InChI=1S/C19H22N2O2S/c1-14(17-5-4-12-24-17)20(2)19(23)13-15-7-9-16(10-8-15)21-11-3-6-18(21)22/h4-5,7-10,12,14H,3,6,11,13H2,1-2H3. The number of carbonyl (C=O) groups is 2. The molecule has 1 saturated heterocycles. The van der Waals surface area contributed by atoms with Gasteiger partial charge >= 0.3 is 0 Å². The quantitative estimate of drug-likeness (QED) is 0.832. The molecule has 126 valence electrons. The molecular weight excluding hydrogens is 320 g/mol. The van der Waals surface area contributed by atoms with Crippen molar-refractivity contribution in [3.63, 3.8) is 0 Å². The van der Waals surface area contributed by atoms with Crippen molar-refractivity contribution in [1.82, 2.24) is 4.90 Å². The van der Waals surface area contributed by atoms with E-state index in [2.05, 4.69) is 6.07 Å². The van der Waals surface area contributed by atoms with Crippen molar-refractivity contribution < 1.29 is 9.59 Å². The maximum Gasteiger partial charge on any atom is 0.227 e. The van der Waals surface area contributed by atoms with Crippen LogP contribution in [-0.2, 0) is 16.0 Å². The van der Waals surface area contributed by atoms with Crippen molar-refractivity contribution >= 4 is 28.8 Å². The third-order valence-electron chi connectivity index (χ3n) is 4.61. The summed E-state index contributed by atoms with van der Waals surface area (Å²) in [6.07, 6.45) is 1.93. The SMILES string of the molecule is CC(c1cccs1)N(C)C(=O)Cc1ccc(N2CCCC2=O)cc1. The summed E-state index contributed by atoms with van der Waals surface area (Å²) in [7, 11) is 1.85. The fourth-order valence-electron chi connectivity index (χ4n) is 2.95. The monoisotopic (exact) mass is 342 g/mol. The molecule has 0 N–H and O–H groups in total. The van der Waals surface area contributed by atoms with Gasteiger partial charge in [-0.2, -0.15) is 0 Å². The number of likely N-dealkylation sites (N-methyl/N-ethyl adjacent to an activating group) is 1. The van der Waals surface area contributed by atoms with Gasteiger partial charge in [0.25, 0.3) is 0 Å². The lowest BCUT2D eigenvalue weighted by atomic mass is 10.1. The molecule has 2 aromatic rings. The first kappa shape index (κ1) is 16.7. The van der Waals surface area contributed by atoms with Gasteiger partial charge in [0.1, 0.15) is 0 Å². The molecule has 24 heavy (non-hydrogen) atoms. The lowest BCUT2D eigenvalue weighted by Crippen LogP contribution is -2.30. The zero-order chi connectivity index (χ0) is 17.1. The number of carbonyl (C=O) groups excluding carboxylic acids is 2. The van der Waals surface area contributed by atoms with Gasteiger partial charge in [0.15, 0.2) is 0 Å². The Bertz CT molecular complexity index is 709. The molecule has 0 spiro atoms. The van der Waals surface area contributed by atoms with E-state index in [0.29, 0.717) is 12.8 Å². The highest BCUT2D eigenvalue weighted by molar-refractivity contribution is 7.10. The molecular formula is C19H22N2O2S. The maximum absolute atomic E-state index is 12.5. The second-order valence-corrected chi connectivity index (χ2v) is 7.17. The molecule has 1 aromatic carbocycles. The minimum absolute atomic E-state index is 0.0824. The molecule has 2 amide bonds. The van der Waals surface area contributed by atoms with E-state index in [-0.39, 0.29) is 17.9 Å². The Hall–Kier alpha value is -2.14. The third kappa shape index (κ3) is 3.51. The van der Waals surface area contributed by atoms with Crippen LogP contribution in [0.5, 0.6) is 0 Å². The molecule has 1 fully saturated rings. The van der Waals surface area contributed by atoms with Crippen LogP contribution in [-0.4, -0.2) is 30.3 Å². The number of amides is 2. The molecule has 1 aliphatic rings. The van der Waals surface area contributed by atoms with Crippen LogP contribution in [0, 0.1) is 0 Å². The van der Waals surface area contributed by atoms with Crippen LogP contribution in [0.4, 0.5) is 5.69 Å². The summed E-state index contributed by atoms with van der Waals surface area (Å²) in [6.45, 7) is 2.84. The van der Waals surface area contributed by atoms with Gasteiger partial charge in [-0.1, -0.05) is 18.2 Å². The molecule has 1 aliphatic heterocycles. The van der Waals surface area contributed by atoms with E-state index in [4.69, 9.17) is 0 Å². The summed E-state index contributed by atoms with van der Waals surface area (Å²) in [5, 5.41) is 2.03. The Labute approximate surface area is 146 Å². The summed E-state index contributed by atoms with van der Waals surface area (Å²) in [5.41, 5.74) is 1.90. The molecule has 1 aromatic heterocycles. The Morgan fingerprint density at radius 3 is 2.62 bits per heavy atom. The van der Waals surface area contributed by atoms with Gasteiger partial charge < -0.3 is 9.80 Å². The van der Waals surface area contributed by atoms with Crippen molar-refractivity contribution in [2.45, 2.75) is 32.2 Å². The smallest absolute Gasteiger partial charge is 0.227 e. The summed E-state index contributed by atoms with van der Waals surface area (Å²) in [4.78, 5) is 29.1. The summed E-state index contributed by atoms with van der Waals surface area (Å²) >= 11 is 1.67. The number of rotatable bonds is 5. The van der Waals surface area contributed by atoms with Gasteiger partial charge in [0.2, 0.25) is 11.8 Å². The Morgan fingerprint density at radius 2 is 2.04 bits per heavy atom. The number of anilines is 1. The number of hydrogen-bond donors (Lipinski definition) is 0. The van der Waals surface area contributed by atoms with Crippen molar-refractivity contribution in [2.75, 3.05) is 18.5 Å². The fraction of sp³-hybridized carbons (Fsp3) is 0.368. The molecule has 1 atom stereocenters. The highest BCUT2D eigenvalue weighted by Crippen LogP contribution is 2.25. The fourth-order valence-corrected chi connectivity index (χ4v) is 3.78. The lowest BCUT2D eigenvalue weighted by molar-refractivity contribution is -0.131. The molecule has 0 bridgehead atoms. The van der Waals surface area contributed by atoms with Crippen LogP contribution in [0.3, 0.4) is 0 Å². The van der Waals surface area contributed by atoms with Crippen molar-refractivity contribution in [3.8, 4) is 0 Å². The molecule has 4 nitrogen and oxygen atoms in total. The molecule has 3 rings (SSSR count). The first-order chi connectivity index (χ1) is 11.6. The van der Waals surface area contributed by atoms with Crippen LogP contribution in [0.15, 0.2) is 41.8 Å². The van der Waals surface area contributed by atoms with Crippen LogP contribution < -0.4 is 4.90 Å². The average Bonchev–Trinajstić information content (AvgIpc) is 3.26. The Morgan fingerprint density at radius 1 is 1.29 bits per heavy atom. The van der Waals surface area contributed by atoms with Gasteiger partial charge in [-0.05, 0) is 42.5 Å². The van der Waals surface area contributed by atoms with E-state index in [9.17, 15) is 9.59 Å². The van der Waals surface area contributed by atoms with Crippen molar-refractivity contribution in [1.29, 1.82) is 0 Å². The molecule has 0 radical (unpaired) electrons. The van der Waals surface area contributed by atoms with E-state index < -0.39 is 0 Å². The summed E-state index contributed by atoms with van der Waals surface area (Å²) in [5.74, 6) is 0.282. The minimum atomic E-state index is 0.0824. The molecule has 2 heterocycles. The predicted octanol–water partition coefficient (Wildman–Crippen LogP) is 3.64. The first-order valence-electron chi connectivity index (χ1n) is 8.24. The van der Waals surface area contributed by atoms with Crippen molar-refractivity contribution in [3.05, 3.63) is 52.2 Å². The van der Waals surface area contributed by atoms with Crippen LogP contribution >= 0.6 is 11.3 Å². The number of nitrogens with zero attached hydrogens (tertiary/aromatic N) is 2. The molecule has 1 unspecified atom stereocenters. The Kier molecular flexibility index (Phi) is 5.00. The third-order valence-corrected chi connectivity index (χ3v) is 5.65. The van der Waals surface area contributed by atoms with Crippen molar-refractivity contribution in [2.24, 2.45) is 0 Å². The van der Waals surface area contributed by atoms with Gasteiger partial charge in [-0.15, -0.1) is 11.3 Å². The molecule has 0 aliphatic carbocycles. The minimum Gasteiger partial charge on any atom is -0.338 e. The summed E-state index contributed by atoms with van der Waals surface area (Å²) in [6, 6.07) is 11.9. The molecule has 5 heteroatoms. The topological polar surface area (TPSA) is 40.6 Å². The number of hydrogen-bond acceptors (Lipinski definition) is 3. The highest BCUT2D eigenvalue weighted by atomic mass is 32.1. The normalized spacial score (nSPS) is 15.6. The van der Waals surface area contributed by atoms with Crippen LogP contribution in [0.25, 0.3) is 0 Å². The van der Waals surface area contributed by atoms with E-state index in [1.807, 2.05) is 54.6 Å². The van der Waals surface area contributed by atoms with E-state index >= 15 is 0 Å². The van der Waals surface area contributed by atoms with Gasteiger partial charge in [0, 0.05) is 30.6 Å². The lowest BCUT2D eigenvalue weighted by Gasteiger charge is -2.24. The number of benzene rings is 1. The second kappa shape index (κ2) is 7.18. The first-order valence-corrected chi connectivity index (χ1v) is 9.12. The second-order valence-electron chi connectivity index (χ2n) is 6.19. The zero-order valence-electron chi connectivity index (χ0n) is 14.1. The number of thiophene rings is 1. The van der Waals surface area contributed by atoms with E-state index in [1.165, 1.54) is 4.88 Å². The summed E-state index contributed by atoms with van der Waals surface area (Å²) < 4.78 is 0.